The molecule has 1 aliphatic heterocycles. The summed E-state index contributed by atoms with van der Waals surface area (Å²) in [7, 11) is 0. The molecule has 1 atom stereocenters. The first-order chi connectivity index (χ1) is 9.56. The van der Waals surface area contributed by atoms with Crippen LogP contribution in [-0.4, -0.2) is 35.3 Å². The molecule has 20 heavy (non-hydrogen) atoms. The van der Waals surface area contributed by atoms with Gasteiger partial charge in [0.25, 0.3) is 0 Å². The van der Waals surface area contributed by atoms with Gasteiger partial charge >= 0.3 is 0 Å². The largest absolute Gasteiger partial charge is 0.345 e. The third kappa shape index (κ3) is 4.22. The molecule has 0 aromatic heterocycles. The SMILES string of the molecule is CCCCCCCCCN1C(=O)CNC(=O)C1(C)CC. The van der Waals surface area contributed by atoms with Crippen LogP contribution in [0.4, 0.5) is 0 Å². The van der Waals surface area contributed by atoms with Crippen LogP contribution in [-0.2, 0) is 9.59 Å². The van der Waals surface area contributed by atoms with Crippen LogP contribution in [0.25, 0.3) is 0 Å². The summed E-state index contributed by atoms with van der Waals surface area (Å²) in [5, 5.41) is 2.70. The van der Waals surface area contributed by atoms with E-state index in [1.165, 1.54) is 32.1 Å². The van der Waals surface area contributed by atoms with Crippen LogP contribution in [0, 0.1) is 0 Å². The zero-order chi connectivity index (χ0) is 15.0. The molecule has 0 spiro atoms. The monoisotopic (exact) mass is 282 g/mol. The third-order valence-electron chi connectivity index (χ3n) is 4.46. The van der Waals surface area contributed by atoms with E-state index in [0.29, 0.717) is 13.0 Å². The van der Waals surface area contributed by atoms with E-state index in [0.717, 1.165) is 12.8 Å². The van der Waals surface area contributed by atoms with Gasteiger partial charge in [0.1, 0.15) is 5.54 Å². The van der Waals surface area contributed by atoms with Crippen molar-refractivity contribution in [2.45, 2.75) is 77.7 Å². The normalized spacial score (nSPS) is 23.1. The van der Waals surface area contributed by atoms with E-state index in [2.05, 4.69) is 12.2 Å². The minimum absolute atomic E-state index is 0.0115. The highest BCUT2D eigenvalue weighted by Crippen LogP contribution is 2.23. The molecule has 1 fully saturated rings. The van der Waals surface area contributed by atoms with E-state index < -0.39 is 5.54 Å². The minimum Gasteiger partial charge on any atom is -0.345 e. The molecular formula is C16H30N2O2. The Labute approximate surface area is 123 Å². The van der Waals surface area contributed by atoms with Crippen molar-refractivity contribution in [3.05, 3.63) is 0 Å². The molecule has 1 saturated heterocycles. The average Bonchev–Trinajstić information content (AvgIpc) is 2.45. The van der Waals surface area contributed by atoms with Gasteiger partial charge in [0.15, 0.2) is 0 Å². The predicted molar refractivity (Wildman–Crippen MR) is 81.4 cm³/mol. The first-order valence-corrected chi connectivity index (χ1v) is 8.15. The summed E-state index contributed by atoms with van der Waals surface area (Å²) in [6, 6.07) is 0. The summed E-state index contributed by atoms with van der Waals surface area (Å²) in [6.07, 6.45) is 9.24. The van der Waals surface area contributed by atoms with Gasteiger partial charge in [-0.15, -0.1) is 0 Å². The lowest BCUT2D eigenvalue weighted by atomic mass is 9.92. The number of rotatable bonds is 9. The highest BCUT2D eigenvalue weighted by atomic mass is 16.2. The summed E-state index contributed by atoms with van der Waals surface area (Å²) >= 11 is 0. The van der Waals surface area contributed by atoms with E-state index in [4.69, 9.17) is 0 Å². The Morgan fingerprint density at radius 2 is 1.65 bits per heavy atom. The molecule has 0 saturated carbocycles. The van der Waals surface area contributed by atoms with Crippen molar-refractivity contribution in [1.29, 1.82) is 0 Å². The van der Waals surface area contributed by atoms with Gasteiger partial charge in [-0.05, 0) is 19.8 Å². The molecule has 0 bridgehead atoms. The Morgan fingerprint density at radius 3 is 2.25 bits per heavy atom. The maximum Gasteiger partial charge on any atom is 0.246 e. The topological polar surface area (TPSA) is 49.4 Å². The fourth-order valence-electron chi connectivity index (χ4n) is 2.79. The van der Waals surface area contributed by atoms with Crippen LogP contribution < -0.4 is 5.32 Å². The van der Waals surface area contributed by atoms with Crippen LogP contribution in [0.1, 0.15) is 72.1 Å². The quantitative estimate of drug-likeness (QED) is 0.661. The van der Waals surface area contributed by atoms with E-state index >= 15 is 0 Å². The summed E-state index contributed by atoms with van der Waals surface area (Å²) in [6.45, 7) is 6.93. The van der Waals surface area contributed by atoms with Crippen molar-refractivity contribution in [1.82, 2.24) is 10.2 Å². The van der Waals surface area contributed by atoms with Crippen LogP contribution in [0.15, 0.2) is 0 Å². The van der Waals surface area contributed by atoms with Crippen LogP contribution in [0.5, 0.6) is 0 Å². The van der Waals surface area contributed by atoms with Crippen LogP contribution >= 0.6 is 0 Å². The number of unbranched alkanes of at least 4 members (excludes halogenated alkanes) is 6. The Balaban J connectivity index is 2.36. The van der Waals surface area contributed by atoms with Gasteiger partial charge in [-0.3, -0.25) is 9.59 Å². The third-order valence-corrected chi connectivity index (χ3v) is 4.46. The summed E-state index contributed by atoms with van der Waals surface area (Å²) in [5.74, 6) is 0.0440. The van der Waals surface area contributed by atoms with Gasteiger partial charge in [0.2, 0.25) is 11.8 Å². The fraction of sp³-hybridized carbons (Fsp3) is 0.875. The fourth-order valence-corrected chi connectivity index (χ4v) is 2.79. The standard InChI is InChI=1S/C16H30N2O2/c1-4-6-7-8-9-10-11-12-18-14(19)13-17-15(20)16(18,3)5-2/h4-13H2,1-3H3,(H,17,20). The molecule has 116 valence electrons. The van der Waals surface area contributed by atoms with E-state index in [9.17, 15) is 9.59 Å². The number of carbonyl (C=O) groups is 2. The second-order valence-corrected chi connectivity index (χ2v) is 5.98. The molecule has 4 nitrogen and oxygen atoms in total. The van der Waals surface area contributed by atoms with E-state index in [1.54, 1.807) is 4.90 Å². The average molecular weight is 282 g/mol. The molecule has 1 aliphatic rings. The molecule has 0 aromatic rings. The molecule has 1 rings (SSSR count). The van der Waals surface area contributed by atoms with Gasteiger partial charge in [0, 0.05) is 6.54 Å². The Hall–Kier alpha value is -1.06. The van der Waals surface area contributed by atoms with Gasteiger partial charge in [-0.1, -0.05) is 52.4 Å². The van der Waals surface area contributed by atoms with Crippen molar-refractivity contribution in [2.24, 2.45) is 0 Å². The van der Waals surface area contributed by atoms with Crippen molar-refractivity contribution in [3.63, 3.8) is 0 Å². The van der Waals surface area contributed by atoms with E-state index in [-0.39, 0.29) is 18.4 Å². The van der Waals surface area contributed by atoms with Crippen molar-refractivity contribution in [3.8, 4) is 0 Å². The smallest absolute Gasteiger partial charge is 0.246 e. The second kappa shape index (κ2) is 8.28. The van der Waals surface area contributed by atoms with Gasteiger partial charge < -0.3 is 10.2 Å². The van der Waals surface area contributed by atoms with Gasteiger partial charge in [-0.2, -0.15) is 0 Å². The summed E-state index contributed by atoms with van der Waals surface area (Å²) in [5.41, 5.74) is -0.655. The number of amides is 2. The zero-order valence-corrected chi connectivity index (χ0v) is 13.3. The Bertz CT molecular complexity index is 330. The predicted octanol–water partition coefficient (Wildman–Crippen LogP) is 2.86. The van der Waals surface area contributed by atoms with Gasteiger partial charge in [0.05, 0.1) is 6.54 Å². The van der Waals surface area contributed by atoms with Crippen LogP contribution in [0.3, 0.4) is 0 Å². The minimum atomic E-state index is -0.655. The van der Waals surface area contributed by atoms with Crippen LogP contribution in [0.2, 0.25) is 0 Å². The molecular weight excluding hydrogens is 252 g/mol. The lowest BCUT2D eigenvalue weighted by molar-refractivity contribution is -0.152. The molecule has 1 unspecified atom stereocenters. The zero-order valence-electron chi connectivity index (χ0n) is 13.3. The number of nitrogens with zero attached hydrogens (tertiary/aromatic N) is 1. The molecule has 4 heteroatoms. The molecule has 0 aromatic carbocycles. The molecule has 2 amide bonds. The van der Waals surface area contributed by atoms with Gasteiger partial charge in [-0.25, -0.2) is 0 Å². The number of carbonyl (C=O) groups excluding carboxylic acids is 2. The van der Waals surface area contributed by atoms with Crippen molar-refractivity contribution >= 4 is 11.8 Å². The number of piperazine rings is 1. The number of hydrogen-bond donors (Lipinski definition) is 1. The Morgan fingerprint density at radius 1 is 1.05 bits per heavy atom. The maximum atomic E-state index is 12.0. The Kier molecular flexibility index (Phi) is 7.03. The second-order valence-electron chi connectivity index (χ2n) is 5.98. The first-order valence-electron chi connectivity index (χ1n) is 8.15. The summed E-state index contributed by atoms with van der Waals surface area (Å²) < 4.78 is 0. The number of nitrogens with one attached hydrogen (secondary N) is 1. The maximum absolute atomic E-state index is 12.0. The molecule has 0 radical (unpaired) electrons. The lowest BCUT2D eigenvalue weighted by Crippen LogP contribution is -2.65. The molecule has 1 heterocycles. The van der Waals surface area contributed by atoms with E-state index in [1.807, 2.05) is 13.8 Å². The first kappa shape index (κ1) is 17.0. The van der Waals surface area contributed by atoms with Crippen molar-refractivity contribution < 1.29 is 9.59 Å². The highest BCUT2D eigenvalue weighted by Gasteiger charge is 2.43. The van der Waals surface area contributed by atoms with Crippen molar-refractivity contribution in [2.75, 3.05) is 13.1 Å². The summed E-state index contributed by atoms with van der Waals surface area (Å²) in [4.78, 5) is 25.8. The molecule has 0 aliphatic carbocycles. The lowest BCUT2D eigenvalue weighted by Gasteiger charge is -2.43. The molecule has 1 N–H and O–H groups in total. The number of hydrogen-bond acceptors (Lipinski definition) is 2. The highest BCUT2D eigenvalue weighted by molar-refractivity contribution is 5.97.